The van der Waals surface area contributed by atoms with Gasteiger partial charge in [-0.15, -0.1) is 0 Å². The minimum Gasteiger partial charge on any atom is -0.387 e. The number of carbonyl (C=O) groups is 1. The average Bonchev–Trinajstić information content (AvgIpc) is 3.09. The molecule has 9 heteroatoms. The number of likely N-dealkylation sites (N-methyl/N-ethyl adjacent to an activating group) is 1. The minimum absolute atomic E-state index is 0.0555. The summed E-state index contributed by atoms with van der Waals surface area (Å²) in [5, 5.41) is 14.0. The Balaban J connectivity index is 3.99. The Kier molecular flexibility index (Phi) is 68.7. The molecule has 0 aliphatic heterocycles. The molecule has 0 aromatic rings. The van der Waals surface area contributed by atoms with E-state index in [1.165, 1.54) is 263 Å². The Morgan fingerprint density at radius 3 is 1.02 bits per heavy atom. The topological polar surface area (TPSA) is 105 Å². The number of aliphatic hydroxyl groups excluding tert-OH is 1. The molecule has 8 nitrogen and oxygen atoms in total. The van der Waals surface area contributed by atoms with Crippen molar-refractivity contribution in [1.29, 1.82) is 0 Å². The zero-order valence-electron chi connectivity index (χ0n) is 60.1. The number of unbranched alkanes of at least 4 members (excludes halogenated alkanes) is 44. The number of aliphatic hydroxyl groups is 1. The van der Waals surface area contributed by atoms with Crippen molar-refractivity contribution in [2.24, 2.45) is 0 Å². The Bertz CT molecular complexity index is 1790. The van der Waals surface area contributed by atoms with E-state index in [9.17, 15) is 19.4 Å². The van der Waals surface area contributed by atoms with Crippen molar-refractivity contribution in [3.8, 4) is 0 Å². The lowest BCUT2D eigenvalue weighted by Crippen LogP contribution is -2.45. The quantitative estimate of drug-likeness (QED) is 0.0243. The van der Waals surface area contributed by atoms with Crippen LogP contribution in [0, 0.1) is 0 Å². The third-order valence-corrected chi connectivity index (χ3v) is 18.3. The zero-order chi connectivity index (χ0) is 65.5. The maximum atomic E-state index is 13.1. The molecule has 0 heterocycles. The first-order chi connectivity index (χ1) is 44.0. The number of nitrogens with zero attached hydrogens (tertiary/aromatic N) is 1. The monoisotopic (exact) mass is 1280 g/mol. The molecule has 0 aromatic carbocycles. The lowest BCUT2D eigenvalue weighted by Gasteiger charge is -2.25. The first-order valence-corrected chi connectivity index (χ1v) is 40.1. The molecular formula is C81H150N2O6P+. The van der Waals surface area contributed by atoms with Crippen LogP contribution in [0.4, 0.5) is 0 Å². The maximum Gasteiger partial charge on any atom is 0.472 e. The van der Waals surface area contributed by atoms with Gasteiger partial charge >= 0.3 is 7.82 Å². The Labute approximate surface area is 559 Å². The van der Waals surface area contributed by atoms with E-state index in [1.54, 1.807) is 6.08 Å². The molecule has 0 bridgehead atoms. The van der Waals surface area contributed by atoms with Crippen molar-refractivity contribution in [2.75, 3.05) is 40.9 Å². The molecule has 0 aliphatic rings. The van der Waals surface area contributed by atoms with E-state index in [1.807, 2.05) is 27.2 Å². The van der Waals surface area contributed by atoms with Crippen molar-refractivity contribution >= 4 is 13.7 Å². The summed E-state index contributed by atoms with van der Waals surface area (Å²) in [6, 6.07) is -0.868. The van der Waals surface area contributed by atoms with Crippen LogP contribution in [-0.2, 0) is 18.4 Å². The van der Waals surface area contributed by atoms with Crippen LogP contribution in [0.1, 0.15) is 361 Å². The van der Waals surface area contributed by atoms with E-state index in [0.717, 1.165) is 77.0 Å². The van der Waals surface area contributed by atoms with Crippen LogP contribution in [0.25, 0.3) is 0 Å². The minimum atomic E-state index is -4.37. The highest BCUT2D eigenvalue weighted by Crippen LogP contribution is 2.43. The van der Waals surface area contributed by atoms with E-state index in [2.05, 4.69) is 104 Å². The lowest BCUT2D eigenvalue weighted by atomic mass is 10.0. The predicted molar refractivity (Wildman–Crippen MR) is 396 cm³/mol. The van der Waals surface area contributed by atoms with E-state index < -0.39 is 20.0 Å². The highest BCUT2D eigenvalue weighted by molar-refractivity contribution is 7.47. The van der Waals surface area contributed by atoms with E-state index in [-0.39, 0.29) is 19.1 Å². The number of hydrogen-bond donors (Lipinski definition) is 3. The number of allylic oxidation sites excluding steroid dienone is 15. The molecule has 0 aliphatic carbocycles. The van der Waals surface area contributed by atoms with Crippen LogP contribution in [-0.4, -0.2) is 73.4 Å². The number of phosphoric ester groups is 1. The van der Waals surface area contributed by atoms with Gasteiger partial charge in [0, 0.05) is 6.42 Å². The summed E-state index contributed by atoms with van der Waals surface area (Å²) >= 11 is 0. The molecule has 524 valence electrons. The molecule has 0 saturated carbocycles. The lowest BCUT2D eigenvalue weighted by molar-refractivity contribution is -0.870. The summed E-state index contributed by atoms with van der Waals surface area (Å²) in [7, 11) is 1.56. The van der Waals surface area contributed by atoms with Crippen LogP contribution >= 0.6 is 7.82 Å². The van der Waals surface area contributed by atoms with Crippen LogP contribution < -0.4 is 5.32 Å². The van der Waals surface area contributed by atoms with Gasteiger partial charge in [0.25, 0.3) is 0 Å². The molecule has 0 aromatic heterocycles. The van der Waals surface area contributed by atoms with Gasteiger partial charge in [-0.25, -0.2) is 4.57 Å². The first kappa shape index (κ1) is 87.4. The van der Waals surface area contributed by atoms with Crippen molar-refractivity contribution in [1.82, 2.24) is 5.32 Å². The fourth-order valence-electron chi connectivity index (χ4n) is 11.4. The average molecular weight is 1280 g/mol. The van der Waals surface area contributed by atoms with Crippen LogP contribution in [0.15, 0.2) is 97.2 Å². The molecule has 0 spiro atoms. The third-order valence-electron chi connectivity index (χ3n) is 17.3. The summed E-state index contributed by atoms with van der Waals surface area (Å²) < 4.78 is 23.8. The molecule has 0 saturated heterocycles. The molecule has 90 heavy (non-hydrogen) atoms. The largest absolute Gasteiger partial charge is 0.472 e. The Hall–Kier alpha value is -2.58. The number of hydrogen-bond acceptors (Lipinski definition) is 5. The molecule has 0 radical (unpaired) electrons. The van der Waals surface area contributed by atoms with Gasteiger partial charge in [-0.1, -0.05) is 368 Å². The number of nitrogens with one attached hydrogen (secondary N) is 1. The second kappa shape index (κ2) is 70.7. The standard InChI is InChI=1S/C81H149N2O6P/c1-6-8-10-12-14-16-18-20-22-24-26-28-30-32-34-35-36-37-38-39-40-41-42-43-44-45-46-47-49-51-53-55-57-59-61-63-65-67-69-71-73-75-81(85)82-79(78-89-90(86,87)88-77-76-83(3,4)5)80(84)74-72-70-68-66-64-62-60-58-56-54-52-50-48-33-31-29-27-25-23-21-19-17-15-13-11-9-7-2/h8,10,14,16,20,22,26,28,32,34,36-37,64,66,72,74,79-80,84H,6-7,9,11-13,15,17-19,21,23-25,27,29-31,33,35,38-63,65,67-71,73,75-78H2,1-5H3,(H-,82,85,86,87)/p+1/b10-8-,16-14-,22-20-,28-26-,34-32-,37-36-,66-64+,74-72+. The fourth-order valence-corrected chi connectivity index (χ4v) is 12.1. The van der Waals surface area contributed by atoms with Crippen LogP contribution in [0.2, 0.25) is 0 Å². The summed E-state index contributed by atoms with van der Waals surface area (Å²) in [6.07, 6.45) is 103. The molecular weight excluding hydrogens is 1130 g/mol. The first-order valence-electron chi connectivity index (χ1n) is 38.6. The van der Waals surface area contributed by atoms with Gasteiger partial charge < -0.3 is 19.8 Å². The van der Waals surface area contributed by atoms with E-state index in [4.69, 9.17) is 9.05 Å². The van der Waals surface area contributed by atoms with Crippen molar-refractivity contribution in [3.63, 3.8) is 0 Å². The normalized spacial score (nSPS) is 14.1. The number of phosphoric acid groups is 1. The van der Waals surface area contributed by atoms with Gasteiger partial charge in [0.15, 0.2) is 0 Å². The highest BCUT2D eigenvalue weighted by Gasteiger charge is 2.28. The number of rotatable bonds is 71. The summed E-state index contributed by atoms with van der Waals surface area (Å²) in [4.78, 5) is 23.5. The molecule has 0 fully saturated rings. The van der Waals surface area contributed by atoms with Gasteiger partial charge in [0.1, 0.15) is 13.2 Å². The molecule has 1 amide bonds. The fraction of sp³-hybridized carbons (Fsp3) is 0.790. The Morgan fingerprint density at radius 2 is 0.678 bits per heavy atom. The third kappa shape index (κ3) is 72.8. The van der Waals surface area contributed by atoms with Crippen molar-refractivity contribution < 1.29 is 32.9 Å². The predicted octanol–water partition coefficient (Wildman–Crippen LogP) is 25.2. The van der Waals surface area contributed by atoms with Crippen LogP contribution in [0.3, 0.4) is 0 Å². The molecule has 3 unspecified atom stereocenters. The summed E-state index contributed by atoms with van der Waals surface area (Å²) in [6.45, 7) is 4.72. The van der Waals surface area contributed by atoms with Gasteiger partial charge in [0.2, 0.25) is 5.91 Å². The molecule has 0 rings (SSSR count). The summed E-state index contributed by atoms with van der Waals surface area (Å²) in [5.74, 6) is -0.182. The maximum absolute atomic E-state index is 13.1. The highest BCUT2D eigenvalue weighted by atomic mass is 31.2. The number of amides is 1. The number of carbonyl (C=O) groups excluding carboxylic acids is 1. The second-order valence-electron chi connectivity index (χ2n) is 27.3. The smallest absolute Gasteiger partial charge is 0.387 e. The van der Waals surface area contributed by atoms with Gasteiger partial charge in [0.05, 0.1) is 39.9 Å². The molecule has 3 atom stereocenters. The van der Waals surface area contributed by atoms with Crippen molar-refractivity contribution in [3.05, 3.63) is 97.2 Å². The number of quaternary nitrogens is 1. The molecule has 3 N–H and O–H groups in total. The van der Waals surface area contributed by atoms with Gasteiger partial charge in [-0.2, -0.15) is 0 Å². The second-order valence-corrected chi connectivity index (χ2v) is 28.8. The van der Waals surface area contributed by atoms with Gasteiger partial charge in [-0.3, -0.25) is 13.8 Å². The van der Waals surface area contributed by atoms with E-state index >= 15 is 0 Å². The summed E-state index contributed by atoms with van der Waals surface area (Å²) in [5.41, 5.74) is 0. The van der Waals surface area contributed by atoms with Crippen LogP contribution in [0.5, 0.6) is 0 Å². The van der Waals surface area contributed by atoms with E-state index in [0.29, 0.717) is 17.4 Å². The SMILES string of the molecule is CC/C=C\C/C=C\C/C=C\C/C=C\C/C=C\C/C=C\CCCCCCCCCCCCCCCCCCCCCCCCC(=O)NC(COP(=O)(O)OCC[N+](C)(C)C)C(O)/C=C/CC/C=C/CCCCCCCCCCCCCCCCCCCCCCC. The Morgan fingerprint density at radius 1 is 0.389 bits per heavy atom. The van der Waals surface area contributed by atoms with Crippen molar-refractivity contribution in [2.45, 2.75) is 373 Å². The van der Waals surface area contributed by atoms with Gasteiger partial charge in [-0.05, 0) is 83.5 Å². The zero-order valence-corrected chi connectivity index (χ0v) is 61.0.